The van der Waals surface area contributed by atoms with Gasteiger partial charge in [-0.2, -0.15) is 0 Å². The fourth-order valence-corrected chi connectivity index (χ4v) is 2.61. The average Bonchev–Trinajstić information content (AvgIpc) is 2.29. The summed E-state index contributed by atoms with van der Waals surface area (Å²) in [5, 5.41) is 9.82. The van der Waals surface area contributed by atoms with Gasteiger partial charge in [0.05, 0.1) is 24.2 Å². The Balaban J connectivity index is 2.86. The Kier molecular flexibility index (Phi) is 5.64. The molecule has 0 aliphatic rings. The SMILES string of the molecule is CC(C)OCCS(=O)(=O)Nc1cc(C(C)(C)C)ccc1O. The Morgan fingerprint density at radius 2 is 1.90 bits per heavy atom. The molecule has 0 spiro atoms. The molecule has 0 unspecified atom stereocenters. The molecule has 1 rings (SSSR count). The zero-order valence-electron chi connectivity index (χ0n) is 13.3. The summed E-state index contributed by atoms with van der Waals surface area (Å²) in [5.41, 5.74) is 1.01. The largest absolute Gasteiger partial charge is 0.506 e. The monoisotopic (exact) mass is 315 g/mol. The normalized spacial score (nSPS) is 12.7. The second-order valence-corrected chi connectivity index (χ2v) is 8.16. The van der Waals surface area contributed by atoms with Gasteiger partial charge >= 0.3 is 0 Å². The first-order chi connectivity index (χ1) is 9.51. The van der Waals surface area contributed by atoms with Crippen LogP contribution in [0.1, 0.15) is 40.2 Å². The lowest BCUT2D eigenvalue weighted by molar-refractivity contribution is 0.0913. The van der Waals surface area contributed by atoms with Crippen molar-refractivity contribution in [2.45, 2.75) is 46.1 Å². The summed E-state index contributed by atoms with van der Waals surface area (Å²) in [5.74, 6) is -0.235. The van der Waals surface area contributed by atoms with E-state index in [1.54, 1.807) is 12.1 Å². The number of rotatable bonds is 6. The van der Waals surface area contributed by atoms with E-state index in [4.69, 9.17) is 4.74 Å². The van der Waals surface area contributed by atoms with E-state index in [1.807, 2.05) is 34.6 Å². The van der Waals surface area contributed by atoms with Crippen molar-refractivity contribution in [3.05, 3.63) is 23.8 Å². The highest BCUT2D eigenvalue weighted by Gasteiger charge is 2.18. The summed E-state index contributed by atoms with van der Waals surface area (Å²) >= 11 is 0. The standard InChI is InChI=1S/C15H25NO4S/c1-11(2)20-8-9-21(18,19)16-13-10-12(15(3,4)5)6-7-14(13)17/h6-7,10-11,16-17H,8-9H2,1-5H3. The van der Waals surface area contributed by atoms with Crippen LogP contribution in [0.5, 0.6) is 5.75 Å². The molecule has 0 aliphatic heterocycles. The fraction of sp³-hybridized carbons (Fsp3) is 0.600. The Hall–Kier alpha value is -1.27. The van der Waals surface area contributed by atoms with Crippen LogP contribution in [-0.4, -0.2) is 32.0 Å². The van der Waals surface area contributed by atoms with E-state index >= 15 is 0 Å². The molecule has 0 radical (unpaired) electrons. The minimum absolute atomic E-state index is 0.0159. The van der Waals surface area contributed by atoms with Gasteiger partial charge in [-0.15, -0.1) is 0 Å². The quantitative estimate of drug-likeness (QED) is 0.792. The highest BCUT2D eigenvalue weighted by atomic mass is 32.2. The second-order valence-electron chi connectivity index (χ2n) is 6.32. The van der Waals surface area contributed by atoms with E-state index in [-0.39, 0.29) is 35.3 Å². The molecule has 1 aromatic rings. The van der Waals surface area contributed by atoms with Gasteiger partial charge in [-0.1, -0.05) is 26.8 Å². The van der Waals surface area contributed by atoms with Crippen LogP contribution in [0.25, 0.3) is 0 Å². The van der Waals surface area contributed by atoms with Crippen molar-refractivity contribution in [2.24, 2.45) is 0 Å². The molecule has 0 saturated carbocycles. The van der Waals surface area contributed by atoms with Crippen LogP contribution < -0.4 is 4.72 Å². The number of ether oxygens (including phenoxy) is 1. The zero-order valence-corrected chi connectivity index (χ0v) is 14.1. The van der Waals surface area contributed by atoms with E-state index in [9.17, 15) is 13.5 Å². The van der Waals surface area contributed by atoms with Gasteiger partial charge in [0, 0.05) is 0 Å². The highest BCUT2D eigenvalue weighted by Crippen LogP contribution is 2.31. The number of aromatic hydroxyl groups is 1. The fourth-order valence-electron chi connectivity index (χ4n) is 1.70. The summed E-state index contributed by atoms with van der Waals surface area (Å²) < 4.78 is 31.6. The van der Waals surface area contributed by atoms with Crippen molar-refractivity contribution in [1.82, 2.24) is 0 Å². The molecule has 0 aromatic heterocycles. The van der Waals surface area contributed by atoms with Crippen LogP contribution >= 0.6 is 0 Å². The van der Waals surface area contributed by atoms with E-state index in [0.29, 0.717) is 0 Å². The van der Waals surface area contributed by atoms with Crippen LogP contribution in [0.3, 0.4) is 0 Å². The first-order valence-corrected chi connectivity index (χ1v) is 8.62. The number of sulfonamides is 1. The minimum Gasteiger partial charge on any atom is -0.506 e. The number of anilines is 1. The molecule has 0 bridgehead atoms. The predicted molar refractivity (Wildman–Crippen MR) is 85.3 cm³/mol. The first kappa shape index (κ1) is 17.8. The molecule has 0 amide bonds. The molecule has 0 heterocycles. The summed E-state index contributed by atoms with van der Waals surface area (Å²) in [6, 6.07) is 4.95. The van der Waals surface area contributed by atoms with Crippen LogP contribution in [0.15, 0.2) is 18.2 Å². The number of phenols is 1. The van der Waals surface area contributed by atoms with Crippen LogP contribution in [0.4, 0.5) is 5.69 Å². The van der Waals surface area contributed by atoms with Gasteiger partial charge in [0.25, 0.3) is 0 Å². The predicted octanol–water partition coefficient (Wildman–Crippen LogP) is 2.86. The number of phenolic OH excluding ortho intramolecular Hbond substituents is 1. The smallest absolute Gasteiger partial charge is 0.235 e. The maximum atomic E-state index is 12.0. The van der Waals surface area contributed by atoms with Gasteiger partial charge in [0.15, 0.2) is 0 Å². The molecule has 6 heteroatoms. The van der Waals surface area contributed by atoms with Crippen molar-refractivity contribution in [1.29, 1.82) is 0 Å². The molecular weight excluding hydrogens is 290 g/mol. The summed E-state index contributed by atoms with van der Waals surface area (Å²) in [4.78, 5) is 0. The zero-order chi connectivity index (χ0) is 16.3. The van der Waals surface area contributed by atoms with E-state index in [1.165, 1.54) is 6.07 Å². The molecule has 2 N–H and O–H groups in total. The van der Waals surface area contributed by atoms with Crippen molar-refractivity contribution < 1.29 is 18.3 Å². The van der Waals surface area contributed by atoms with Gasteiger partial charge < -0.3 is 9.84 Å². The lowest BCUT2D eigenvalue weighted by Crippen LogP contribution is -2.22. The molecule has 0 fully saturated rings. The van der Waals surface area contributed by atoms with E-state index < -0.39 is 10.0 Å². The Morgan fingerprint density at radius 1 is 1.29 bits per heavy atom. The van der Waals surface area contributed by atoms with E-state index in [0.717, 1.165) is 5.56 Å². The number of benzene rings is 1. The molecule has 21 heavy (non-hydrogen) atoms. The second kappa shape index (κ2) is 6.66. The molecule has 0 aliphatic carbocycles. The van der Waals surface area contributed by atoms with Crippen LogP contribution in [-0.2, 0) is 20.2 Å². The molecule has 5 nitrogen and oxygen atoms in total. The molecular formula is C15H25NO4S. The maximum Gasteiger partial charge on any atom is 0.235 e. The molecule has 1 aromatic carbocycles. The first-order valence-electron chi connectivity index (χ1n) is 6.97. The van der Waals surface area contributed by atoms with Crippen molar-refractivity contribution in [3.8, 4) is 5.75 Å². The van der Waals surface area contributed by atoms with Gasteiger partial charge in [-0.25, -0.2) is 8.42 Å². The maximum absolute atomic E-state index is 12.0. The topological polar surface area (TPSA) is 75.6 Å². The average molecular weight is 315 g/mol. The van der Waals surface area contributed by atoms with Crippen molar-refractivity contribution in [2.75, 3.05) is 17.1 Å². The third-order valence-corrected chi connectivity index (χ3v) is 4.17. The summed E-state index contributed by atoms with van der Waals surface area (Å²) in [6.07, 6.45) is -0.0159. The van der Waals surface area contributed by atoms with Gasteiger partial charge in [0.1, 0.15) is 5.75 Å². The summed E-state index contributed by atoms with van der Waals surface area (Å²) in [6.45, 7) is 9.88. The van der Waals surface area contributed by atoms with Crippen molar-refractivity contribution in [3.63, 3.8) is 0 Å². The number of hydrogen-bond donors (Lipinski definition) is 2. The highest BCUT2D eigenvalue weighted by molar-refractivity contribution is 7.92. The molecule has 0 atom stereocenters. The van der Waals surface area contributed by atoms with Crippen molar-refractivity contribution >= 4 is 15.7 Å². The molecule has 0 saturated heterocycles. The minimum atomic E-state index is -3.55. The number of nitrogens with one attached hydrogen (secondary N) is 1. The van der Waals surface area contributed by atoms with Gasteiger partial charge in [-0.3, -0.25) is 4.72 Å². The Labute approximate surface area is 127 Å². The lowest BCUT2D eigenvalue weighted by Gasteiger charge is -2.20. The van der Waals surface area contributed by atoms with Crippen LogP contribution in [0.2, 0.25) is 0 Å². The molecule has 120 valence electrons. The van der Waals surface area contributed by atoms with E-state index in [2.05, 4.69) is 4.72 Å². The third-order valence-electron chi connectivity index (χ3n) is 2.93. The lowest BCUT2D eigenvalue weighted by atomic mass is 9.87. The Morgan fingerprint density at radius 3 is 2.43 bits per heavy atom. The third kappa shape index (κ3) is 5.93. The van der Waals surface area contributed by atoms with Crippen LogP contribution in [0, 0.1) is 0 Å². The van der Waals surface area contributed by atoms with Gasteiger partial charge in [-0.05, 0) is 37.0 Å². The van der Waals surface area contributed by atoms with Gasteiger partial charge in [0.2, 0.25) is 10.0 Å². The number of hydrogen-bond acceptors (Lipinski definition) is 4. The summed E-state index contributed by atoms with van der Waals surface area (Å²) in [7, 11) is -3.55. The Bertz CT molecular complexity index is 574.